The molecule has 1 aliphatic heterocycles. The first kappa shape index (κ1) is 20.8. The van der Waals surface area contributed by atoms with Gasteiger partial charge in [0.2, 0.25) is 0 Å². The number of aliphatic hydroxyl groups is 1. The summed E-state index contributed by atoms with van der Waals surface area (Å²) in [6.45, 7) is 0.657. The van der Waals surface area contributed by atoms with Crippen molar-refractivity contribution >= 4 is 23.0 Å². The minimum atomic E-state index is -0.471. The highest BCUT2D eigenvalue weighted by molar-refractivity contribution is 5.87. The van der Waals surface area contributed by atoms with Crippen LogP contribution < -0.4 is 10.2 Å². The van der Waals surface area contributed by atoms with E-state index in [1.807, 2.05) is 4.90 Å². The van der Waals surface area contributed by atoms with Crippen LogP contribution in [0.25, 0.3) is 11.2 Å². The number of benzene rings is 1. The molecule has 1 aliphatic carbocycles. The van der Waals surface area contributed by atoms with Crippen molar-refractivity contribution in [3.63, 3.8) is 0 Å². The summed E-state index contributed by atoms with van der Waals surface area (Å²) in [7, 11) is 0. The maximum atomic E-state index is 14.4. The summed E-state index contributed by atoms with van der Waals surface area (Å²) in [6.07, 6.45) is 5.47. The lowest BCUT2D eigenvalue weighted by molar-refractivity contribution is 0.118. The van der Waals surface area contributed by atoms with Gasteiger partial charge in [-0.3, -0.25) is 0 Å². The Morgan fingerprint density at radius 1 is 1.09 bits per heavy atom. The number of nitrogens with zero attached hydrogens (tertiary/aromatic N) is 4. The van der Waals surface area contributed by atoms with Gasteiger partial charge in [0.05, 0.1) is 12.1 Å². The van der Waals surface area contributed by atoms with Crippen LogP contribution in [0.3, 0.4) is 0 Å². The normalized spacial score (nSPS) is 23.6. The summed E-state index contributed by atoms with van der Waals surface area (Å²) in [5.74, 6) is -0.313. The number of imidazole rings is 1. The lowest BCUT2D eigenvalue weighted by Crippen LogP contribution is -2.40. The molecule has 0 spiro atoms. The largest absolute Gasteiger partial charge is 0.393 e. The zero-order chi connectivity index (χ0) is 22.2. The topological polar surface area (TPSA) is 83.3 Å². The van der Waals surface area contributed by atoms with E-state index in [2.05, 4.69) is 15.3 Å². The molecule has 2 N–H and O–H groups in total. The maximum absolute atomic E-state index is 14.4. The van der Waals surface area contributed by atoms with Crippen LogP contribution in [0.15, 0.2) is 36.7 Å². The number of hydrogen-bond acceptors (Lipinski definition) is 5. The SMILES string of the molecule is O=C(NC1CCC(O)CC1)n1cnc2ccc(N3CCCC3c3cc(F)ccc3F)nc21. The van der Waals surface area contributed by atoms with Crippen molar-refractivity contribution in [3.05, 3.63) is 53.9 Å². The van der Waals surface area contributed by atoms with Gasteiger partial charge < -0.3 is 15.3 Å². The Balaban J connectivity index is 1.42. The van der Waals surface area contributed by atoms with Crippen LogP contribution in [0.1, 0.15) is 50.1 Å². The van der Waals surface area contributed by atoms with E-state index in [0.29, 0.717) is 48.4 Å². The highest BCUT2D eigenvalue weighted by Gasteiger charge is 2.30. The van der Waals surface area contributed by atoms with Crippen LogP contribution in [-0.2, 0) is 0 Å². The second-order valence-electron chi connectivity index (χ2n) is 8.60. The molecule has 1 atom stereocenters. The number of halogens is 2. The molecular formula is C23H25F2N5O2. The summed E-state index contributed by atoms with van der Waals surface area (Å²) < 4.78 is 29.6. The monoisotopic (exact) mass is 441 g/mol. The van der Waals surface area contributed by atoms with Crippen LogP contribution in [0.4, 0.5) is 19.4 Å². The molecule has 1 unspecified atom stereocenters. The van der Waals surface area contributed by atoms with Crippen LogP contribution in [0, 0.1) is 11.6 Å². The first-order valence-corrected chi connectivity index (χ1v) is 11.0. The van der Waals surface area contributed by atoms with Crippen LogP contribution in [0.2, 0.25) is 0 Å². The van der Waals surface area contributed by atoms with E-state index in [0.717, 1.165) is 31.4 Å². The Bertz CT molecular complexity index is 1140. The standard InChI is InChI=1S/C23H25F2N5O2/c24-14-3-8-18(25)17(12-14)20-2-1-11-29(20)21-10-9-19-22(28-21)30(13-26-19)23(32)27-15-4-6-16(31)7-5-15/h3,8-10,12-13,15-16,20,31H,1-2,4-7,11H2,(H,27,32). The molecule has 5 rings (SSSR count). The lowest BCUT2D eigenvalue weighted by Gasteiger charge is -2.27. The van der Waals surface area contributed by atoms with E-state index in [1.54, 1.807) is 12.1 Å². The molecule has 1 aromatic carbocycles. The van der Waals surface area contributed by atoms with Gasteiger partial charge in [-0.05, 0) is 68.9 Å². The van der Waals surface area contributed by atoms with Crippen molar-refractivity contribution in [1.82, 2.24) is 19.9 Å². The molecule has 0 bridgehead atoms. The number of carbonyl (C=O) groups is 1. The van der Waals surface area contributed by atoms with Gasteiger partial charge in [0.15, 0.2) is 5.65 Å². The number of amides is 1. The molecule has 2 aromatic heterocycles. The molecule has 7 nitrogen and oxygen atoms in total. The van der Waals surface area contributed by atoms with E-state index in [1.165, 1.54) is 17.0 Å². The van der Waals surface area contributed by atoms with Crippen molar-refractivity contribution in [1.29, 1.82) is 0 Å². The van der Waals surface area contributed by atoms with Crippen molar-refractivity contribution in [3.8, 4) is 0 Å². The van der Waals surface area contributed by atoms with Crippen molar-refractivity contribution in [2.45, 2.75) is 56.7 Å². The highest BCUT2D eigenvalue weighted by atomic mass is 19.1. The number of pyridine rings is 1. The van der Waals surface area contributed by atoms with E-state index < -0.39 is 11.6 Å². The van der Waals surface area contributed by atoms with Gasteiger partial charge in [-0.2, -0.15) is 0 Å². The number of nitrogens with one attached hydrogen (secondary N) is 1. The molecule has 2 fully saturated rings. The molecule has 32 heavy (non-hydrogen) atoms. The fraction of sp³-hybridized carbons (Fsp3) is 0.435. The van der Waals surface area contributed by atoms with Crippen LogP contribution >= 0.6 is 0 Å². The Morgan fingerprint density at radius 3 is 2.72 bits per heavy atom. The zero-order valence-corrected chi connectivity index (χ0v) is 17.5. The maximum Gasteiger partial charge on any atom is 0.328 e. The third-order valence-electron chi connectivity index (χ3n) is 6.49. The average molecular weight is 441 g/mol. The fourth-order valence-corrected chi connectivity index (χ4v) is 4.79. The molecule has 2 aliphatic rings. The number of fused-ring (bicyclic) bond motifs is 1. The summed E-state index contributed by atoms with van der Waals surface area (Å²) in [4.78, 5) is 23.8. The van der Waals surface area contributed by atoms with Gasteiger partial charge in [-0.15, -0.1) is 0 Å². The predicted octanol–water partition coefficient (Wildman–Crippen LogP) is 3.91. The number of rotatable bonds is 3. The number of aromatic nitrogens is 3. The second kappa shape index (κ2) is 8.46. The summed E-state index contributed by atoms with van der Waals surface area (Å²) in [5.41, 5.74) is 1.31. The predicted molar refractivity (Wildman–Crippen MR) is 115 cm³/mol. The number of carbonyl (C=O) groups excluding carboxylic acids is 1. The Morgan fingerprint density at radius 2 is 1.91 bits per heavy atom. The summed E-state index contributed by atoms with van der Waals surface area (Å²) in [5, 5.41) is 12.7. The van der Waals surface area contributed by atoms with Crippen molar-refractivity contribution < 1.29 is 18.7 Å². The summed E-state index contributed by atoms with van der Waals surface area (Å²) >= 11 is 0. The Hall–Kier alpha value is -3.07. The van der Waals surface area contributed by atoms with Crippen molar-refractivity contribution in [2.24, 2.45) is 0 Å². The van der Waals surface area contributed by atoms with Gasteiger partial charge in [0, 0.05) is 18.2 Å². The average Bonchev–Trinajstić information content (AvgIpc) is 3.43. The second-order valence-corrected chi connectivity index (χ2v) is 8.60. The smallest absolute Gasteiger partial charge is 0.328 e. The minimum Gasteiger partial charge on any atom is -0.393 e. The van der Waals surface area contributed by atoms with E-state index in [9.17, 15) is 18.7 Å². The lowest BCUT2D eigenvalue weighted by atomic mass is 9.93. The fourth-order valence-electron chi connectivity index (χ4n) is 4.79. The number of aliphatic hydroxyl groups excluding tert-OH is 1. The summed E-state index contributed by atoms with van der Waals surface area (Å²) in [6, 6.07) is 6.47. The Labute approximate surface area is 184 Å². The van der Waals surface area contributed by atoms with Gasteiger partial charge in [0.1, 0.15) is 29.3 Å². The van der Waals surface area contributed by atoms with Crippen molar-refractivity contribution in [2.75, 3.05) is 11.4 Å². The van der Waals surface area contributed by atoms with Gasteiger partial charge in [-0.25, -0.2) is 28.1 Å². The first-order valence-electron chi connectivity index (χ1n) is 11.0. The zero-order valence-electron chi connectivity index (χ0n) is 17.5. The molecule has 1 saturated heterocycles. The van der Waals surface area contributed by atoms with Gasteiger partial charge in [0.25, 0.3) is 0 Å². The molecule has 1 saturated carbocycles. The highest BCUT2D eigenvalue weighted by Crippen LogP contribution is 2.37. The molecule has 3 aromatic rings. The molecule has 3 heterocycles. The van der Waals surface area contributed by atoms with E-state index >= 15 is 0 Å². The molecule has 9 heteroatoms. The molecule has 1 amide bonds. The third-order valence-corrected chi connectivity index (χ3v) is 6.49. The van der Waals surface area contributed by atoms with Gasteiger partial charge >= 0.3 is 6.03 Å². The number of anilines is 1. The minimum absolute atomic E-state index is 0.00504. The van der Waals surface area contributed by atoms with Crippen LogP contribution in [-0.4, -0.2) is 44.4 Å². The Kier molecular flexibility index (Phi) is 5.50. The first-order chi connectivity index (χ1) is 15.5. The molecule has 0 radical (unpaired) electrons. The molecular weight excluding hydrogens is 416 g/mol. The quantitative estimate of drug-likeness (QED) is 0.644. The van der Waals surface area contributed by atoms with Gasteiger partial charge in [-0.1, -0.05) is 0 Å². The van der Waals surface area contributed by atoms with E-state index in [-0.39, 0.29) is 24.2 Å². The third kappa shape index (κ3) is 3.92. The van der Waals surface area contributed by atoms with E-state index in [4.69, 9.17) is 0 Å². The number of hydrogen-bond donors (Lipinski definition) is 2. The molecule has 168 valence electrons. The van der Waals surface area contributed by atoms with Crippen LogP contribution in [0.5, 0.6) is 0 Å².